The van der Waals surface area contributed by atoms with Gasteiger partial charge in [-0.3, -0.25) is 0 Å². The van der Waals surface area contributed by atoms with E-state index >= 15 is 0 Å². The summed E-state index contributed by atoms with van der Waals surface area (Å²) in [5.41, 5.74) is 12.2. The predicted octanol–water partition coefficient (Wildman–Crippen LogP) is 2.19. The van der Waals surface area contributed by atoms with E-state index < -0.39 is 20.5 Å². The van der Waals surface area contributed by atoms with Gasteiger partial charge in [-0.15, -0.1) is 0 Å². The average Bonchev–Trinajstić information content (AvgIpc) is 3.33. The highest BCUT2D eigenvalue weighted by molar-refractivity contribution is 7.92. The smallest absolute Gasteiger partial charge is 0.182 e. The molecule has 0 saturated heterocycles. The number of methoxy groups -OCH3 is 1. The number of halogens is 1. The maximum Gasteiger partial charge on any atom is 0.182 e. The van der Waals surface area contributed by atoms with E-state index in [2.05, 4.69) is 0 Å². The van der Waals surface area contributed by atoms with E-state index in [1.807, 2.05) is 24.3 Å². The van der Waals surface area contributed by atoms with Crippen molar-refractivity contribution in [1.82, 2.24) is 0 Å². The molecule has 25 heavy (non-hydrogen) atoms. The van der Waals surface area contributed by atoms with Gasteiger partial charge in [0.05, 0.1) is 17.3 Å². The summed E-state index contributed by atoms with van der Waals surface area (Å²) in [4.78, 5) is 0.240. The van der Waals surface area contributed by atoms with Gasteiger partial charge in [-0.2, -0.15) is 0 Å². The minimum atomic E-state index is -3.58. The highest BCUT2D eigenvalue weighted by Crippen LogP contribution is 2.63. The lowest BCUT2D eigenvalue weighted by molar-refractivity contribution is 0.414. The average molecular weight is 381 g/mol. The van der Waals surface area contributed by atoms with Crippen LogP contribution >= 0.6 is 11.6 Å². The van der Waals surface area contributed by atoms with E-state index in [0.29, 0.717) is 10.8 Å². The zero-order chi connectivity index (χ0) is 18.2. The van der Waals surface area contributed by atoms with Gasteiger partial charge >= 0.3 is 0 Å². The summed E-state index contributed by atoms with van der Waals surface area (Å²) in [6.45, 7) is 0.412. The first kappa shape index (κ1) is 18.2. The number of rotatable bonds is 6. The fraction of sp³-hybridized carbons (Fsp3) is 0.333. The van der Waals surface area contributed by atoms with Crippen LogP contribution in [0.1, 0.15) is 11.5 Å². The Balaban J connectivity index is 2.02. The van der Waals surface area contributed by atoms with Gasteiger partial charge in [-0.05, 0) is 42.0 Å². The van der Waals surface area contributed by atoms with E-state index in [1.54, 1.807) is 19.2 Å². The monoisotopic (exact) mass is 380 g/mol. The van der Waals surface area contributed by atoms with Gasteiger partial charge in [-0.1, -0.05) is 23.7 Å². The minimum Gasteiger partial charge on any atom is -0.497 e. The molecule has 5 nitrogen and oxygen atoms in total. The van der Waals surface area contributed by atoms with Gasteiger partial charge in [0.2, 0.25) is 0 Å². The third kappa shape index (κ3) is 2.93. The molecule has 7 heteroatoms. The van der Waals surface area contributed by atoms with E-state index in [9.17, 15) is 8.42 Å². The molecule has 1 saturated carbocycles. The van der Waals surface area contributed by atoms with Gasteiger partial charge in [0.25, 0.3) is 0 Å². The summed E-state index contributed by atoms with van der Waals surface area (Å²) in [5.74, 6) is 0.474. The topological polar surface area (TPSA) is 95.4 Å². The summed E-state index contributed by atoms with van der Waals surface area (Å²) in [7, 11) is -1.99. The van der Waals surface area contributed by atoms with Crippen molar-refractivity contribution in [2.75, 3.05) is 20.2 Å². The van der Waals surface area contributed by atoms with Crippen LogP contribution in [0.25, 0.3) is 0 Å². The SMILES string of the molecule is COc1ccc([C@H]2[C@H](S(=O)(=O)c3ccc(Cl)cc3)C2(CN)CN)cc1. The number of ether oxygens (including phenoxy) is 1. The molecule has 1 fully saturated rings. The molecule has 0 unspecified atom stereocenters. The number of hydrogen-bond acceptors (Lipinski definition) is 5. The Kier molecular flexibility index (Phi) is 4.81. The molecular weight excluding hydrogens is 360 g/mol. The van der Waals surface area contributed by atoms with Crippen LogP contribution in [0.4, 0.5) is 0 Å². The standard InChI is InChI=1S/C18H21ClN2O3S/c1-24-14-6-2-12(3-7-14)16-17(18(16,10-20)11-21)25(22,23)15-8-4-13(19)5-9-15/h2-9,16-17H,10-11,20-21H2,1H3/t16-,17-/m0/s1. The molecule has 0 spiro atoms. The lowest BCUT2D eigenvalue weighted by Gasteiger charge is -2.13. The van der Waals surface area contributed by atoms with Crippen LogP contribution in [0.5, 0.6) is 5.75 Å². The van der Waals surface area contributed by atoms with Crippen molar-refractivity contribution in [3.8, 4) is 5.75 Å². The van der Waals surface area contributed by atoms with E-state index in [1.165, 1.54) is 12.1 Å². The molecule has 0 radical (unpaired) electrons. The highest BCUT2D eigenvalue weighted by atomic mass is 35.5. The van der Waals surface area contributed by atoms with Crippen LogP contribution < -0.4 is 16.2 Å². The highest BCUT2D eigenvalue weighted by Gasteiger charge is 2.69. The van der Waals surface area contributed by atoms with E-state index in [4.69, 9.17) is 27.8 Å². The van der Waals surface area contributed by atoms with Gasteiger partial charge in [0, 0.05) is 29.4 Å². The lowest BCUT2D eigenvalue weighted by Crippen LogP contribution is -2.31. The second-order valence-electron chi connectivity index (χ2n) is 6.31. The van der Waals surface area contributed by atoms with Crippen molar-refractivity contribution in [2.45, 2.75) is 16.1 Å². The van der Waals surface area contributed by atoms with Crippen molar-refractivity contribution in [1.29, 1.82) is 0 Å². The molecule has 1 aliphatic carbocycles. The summed E-state index contributed by atoms with van der Waals surface area (Å²) >= 11 is 5.87. The Morgan fingerprint density at radius 1 is 1.04 bits per heavy atom. The maximum atomic E-state index is 13.2. The molecule has 4 N–H and O–H groups in total. The first-order chi connectivity index (χ1) is 11.9. The molecule has 2 atom stereocenters. The normalized spacial score (nSPS) is 21.8. The van der Waals surface area contributed by atoms with E-state index in [0.717, 1.165) is 5.56 Å². The van der Waals surface area contributed by atoms with Gasteiger partial charge in [0.1, 0.15) is 5.75 Å². The van der Waals surface area contributed by atoms with Crippen LogP contribution in [0.2, 0.25) is 5.02 Å². The Hall–Kier alpha value is -1.60. The molecule has 2 aromatic carbocycles. The first-order valence-corrected chi connectivity index (χ1v) is 9.86. The summed E-state index contributed by atoms with van der Waals surface area (Å²) in [5, 5.41) is -0.157. The Labute approximate surface area is 152 Å². The molecule has 3 rings (SSSR count). The second-order valence-corrected chi connectivity index (χ2v) is 8.82. The molecule has 0 aromatic heterocycles. The quantitative estimate of drug-likeness (QED) is 0.800. The van der Waals surface area contributed by atoms with Crippen molar-refractivity contribution < 1.29 is 13.2 Å². The molecule has 0 amide bonds. The van der Waals surface area contributed by atoms with Gasteiger partial charge in [-0.25, -0.2) is 8.42 Å². The van der Waals surface area contributed by atoms with Crippen LogP contribution in [0.15, 0.2) is 53.4 Å². The number of sulfone groups is 1. The maximum absolute atomic E-state index is 13.2. The number of hydrogen-bond donors (Lipinski definition) is 2. The van der Waals surface area contributed by atoms with Crippen LogP contribution in [0.3, 0.4) is 0 Å². The fourth-order valence-corrected chi connectivity index (χ4v) is 6.20. The molecule has 0 aliphatic heterocycles. The largest absolute Gasteiger partial charge is 0.497 e. The number of nitrogens with two attached hydrogens (primary N) is 2. The molecular formula is C18H21ClN2O3S. The zero-order valence-electron chi connectivity index (χ0n) is 13.9. The van der Waals surface area contributed by atoms with Crippen molar-refractivity contribution in [3.05, 3.63) is 59.1 Å². The number of benzene rings is 2. The minimum absolute atomic E-state index is 0.206. The van der Waals surface area contributed by atoms with Crippen molar-refractivity contribution in [2.24, 2.45) is 16.9 Å². The second kappa shape index (κ2) is 6.61. The zero-order valence-corrected chi connectivity index (χ0v) is 15.4. The summed E-state index contributed by atoms with van der Waals surface area (Å²) in [6, 6.07) is 13.6. The third-order valence-electron chi connectivity index (χ3n) is 5.09. The third-order valence-corrected chi connectivity index (χ3v) is 7.68. The van der Waals surface area contributed by atoms with Gasteiger partial charge < -0.3 is 16.2 Å². The Bertz CT molecular complexity index is 847. The Morgan fingerprint density at radius 2 is 1.60 bits per heavy atom. The summed E-state index contributed by atoms with van der Waals surface area (Å²) < 4.78 is 31.5. The molecule has 134 valence electrons. The van der Waals surface area contributed by atoms with Crippen molar-refractivity contribution >= 4 is 21.4 Å². The molecule has 2 aromatic rings. The molecule has 0 heterocycles. The Morgan fingerprint density at radius 3 is 2.08 bits per heavy atom. The summed E-state index contributed by atoms with van der Waals surface area (Å²) in [6.07, 6.45) is 0. The van der Waals surface area contributed by atoms with Gasteiger partial charge in [0.15, 0.2) is 9.84 Å². The molecule has 1 aliphatic rings. The van der Waals surface area contributed by atoms with Crippen molar-refractivity contribution in [3.63, 3.8) is 0 Å². The predicted molar refractivity (Wildman–Crippen MR) is 98.7 cm³/mol. The molecule has 0 bridgehead atoms. The lowest BCUT2D eigenvalue weighted by atomic mass is 9.99. The van der Waals surface area contributed by atoms with Crippen LogP contribution in [-0.2, 0) is 9.84 Å². The van der Waals surface area contributed by atoms with Crippen LogP contribution in [0, 0.1) is 5.41 Å². The fourth-order valence-electron chi connectivity index (χ4n) is 3.60. The first-order valence-electron chi connectivity index (χ1n) is 7.94. The van der Waals surface area contributed by atoms with Crippen LogP contribution in [-0.4, -0.2) is 33.9 Å². The van der Waals surface area contributed by atoms with E-state index in [-0.39, 0.29) is 23.9 Å².